The van der Waals surface area contributed by atoms with Gasteiger partial charge in [-0.15, -0.1) is 0 Å². The molecule has 20 heavy (non-hydrogen) atoms. The van der Waals surface area contributed by atoms with Crippen LogP contribution >= 0.6 is 0 Å². The number of carbonyl (C=O) groups excluding carboxylic acids is 1. The average molecular weight is 319 g/mol. The number of hydrogen-bond donors (Lipinski definition) is 0. The topological polar surface area (TPSA) is 17.1 Å². The standard InChI is InChI=1S/C12H23O.C6H5.Ni/c1-2-3-4-5-6-7-8-9-10-11-12-13;1-2-4-6-5-3-1;/h2-11H2,1H3;1-5H;. The molecule has 0 fully saturated rings. The van der Waals surface area contributed by atoms with Gasteiger partial charge >= 0.3 is 130 Å². The summed E-state index contributed by atoms with van der Waals surface area (Å²) in [5.74, 6) is 0. The molecule has 0 heterocycles. The van der Waals surface area contributed by atoms with Gasteiger partial charge in [-0.05, 0) is 0 Å². The SMILES string of the molecule is CCCCCCCCCCC[C](=O)[Ni][c]1ccccc1. The van der Waals surface area contributed by atoms with Crippen molar-refractivity contribution < 1.29 is 19.2 Å². The van der Waals surface area contributed by atoms with Gasteiger partial charge in [0.1, 0.15) is 0 Å². The molecular weight excluding hydrogens is 291 g/mol. The van der Waals surface area contributed by atoms with E-state index in [0.717, 1.165) is 17.4 Å². The van der Waals surface area contributed by atoms with E-state index in [1.54, 1.807) is 0 Å². The van der Waals surface area contributed by atoms with Crippen LogP contribution in [0.4, 0.5) is 0 Å². The minimum atomic E-state index is 0.326. The molecule has 0 saturated carbocycles. The molecule has 1 rings (SSSR count). The van der Waals surface area contributed by atoms with E-state index in [9.17, 15) is 4.79 Å². The van der Waals surface area contributed by atoms with E-state index in [-0.39, 0.29) is 0 Å². The zero-order valence-corrected chi connectivity index (χ0v) is 13.7. The fourth-order valence-corrected chi connectivity index (χ4v) is 3.13. The summed E-state index contributed by atoms with van der Waals surface area (Å²) in [6, 6.07) is 9.97. The van der Waals surface area contributed by atoms with Crippen LogP contribution in [0.5, 0.6) is 0 Å². The third kappa shape index (κ3) is 9.31. The molecule has 0 bridgehead atoms. The summed E-state index contributed by atoms with van der Waals surface area (Å²) in [6.07, 6.45) is 12.5. The molecule has 2 heteroatoms. The fourth-order valence-electron chi connectivity index (χ4n) is 2.16. The Hall–Kier alpha value is -0.616. The van der Waals surface area contributed by atoms with Gasteiger partial charge in [-0.3, -0.25) is 0 Å². The van der Waals surface area contributed by atoms with Crippen LogP contribution in [0.25, 0.3) is 0 Å². The Morgan fingerprint density at radius 1 is 0.850 bits per heavy atom. The second-order valence-electron chi connectivity index (χ2n) is 5.24. The first-order chi connectivity index (χ1) is 9.83. The summed E-state index contributed by atoms with van der Waals surface area (Å²) in [4.78, 5) is 11.8. The molecule has 0 saturated heterocycles. The molecule has 1 aromatic rings. The Morgan fingerprint density at radius 3 is 2.00 bits per heavy atom. The zero-order chi connectivity index (χ0) is 14.5. The average Bonchev–Trinajstić information content (AvgIpc) is 2.46. The molecule has 0 aromatic heterocycles. The Kier molecular flexibility index (Phi) is 10.6. The van der Waals surface area contributed by atoms with Crippen LogP contribution in [0.2, 0.25) is 0 Å². The molecule has 0 atom stereocenters. The van der Waals surface area contributed by atoms with Gasteiger partial charge in [-0.25, -0.2) is 0 Å². The molecule has 0 radical (unpaired) electrons. The molecule has 0 aliphatic rings. The van der Waals surface area contributed by atoms with Crippen molar-refractivity contribution in [1.29, 1.82) is 0 Å². The quantitative estimate of drug-likeness (QED) is 0.398. The first kappa shape index (κ1) is 17.4. The van der Waals surface area contributed by atoms with Crippen molar-refractivity contribution in [3.8, 4) is 0 Å². The van der Waals surface area contributed by atoms with Gasteiger partial charge in [0, 0.05) is 0 Å². The third-order valence-corrected chi connectivity index (χ3v) is 4.49. The van der Waals surface area contributed by atoms with E-state index in [1.807, 2.05) is 30.3 Å². The van der Waals surface area contributed by atoms with E-state index >= 15 is 0 Å². The van der Waals surface area contributed by atoms with Crippen LogP contribution in [0.1, 0.15) is 71.1 Å². The summed E-state index contributed by atoms with van der Waals surface area (Å²) in [7, 11) is 0. The molecule has 0 N–H and O–H groups in total. The molecule has 1 aromatic carbocycles. The number of hydrogen-bond acceptors (Lipinski definition) is 1. The molecule has 1 nitrogen and oxygen atoms in total. The van der Waals surface area contributed by atoms with Gasteiger partial charge in [-0.2, -0.15) is 0 Å². The molecule has 0 aliphatic carbocycles. The van der Waals surface area contributed by atoms with E-state index in [0.29, 0.717) is 4.75 Å². The summed E-state index contributed by atoms with van der Waals surface area (Å²) in [5.41, 5.74) is 0. The molecule has 0 aliphatic heterocycles. The molecule has 0 spiro atoms. The normalized spacial score (nSPS) is 10.8. The van der Waals surface area contributed by atoms with Crippen LogP contribution in [-0.4, -0.2) is 4.75 Å². The Balaban J connectivity index is 1.92. The fraction of sp³-hybridized carbons (Fsp3) is 0.611. The minimum absolute atomic E-state index is 0.326. The molecule has 0 amide bonds. The van der Waals surface area contributed by atoms with Crippen molar-refractivity contribution in [1.82, 2.24) is 0 Å². The number of unbranched alkanes of at least 4 members (excludes halogenated alkanes) is 8. The predicted molar refractivity (Wildman–Crippen MR) is 82.9 cm³/mol. The van der Waals surface area contributed by atoms with Crippen molar-refractivity contribution >= 4 is 9.29 Å². The van der Waals surface area contributed by atoms with Gasteiger partial charge < -0.3 is 0 Å². The molecule has 0 unspecified atom stereocenters. The van der Waals surface area contributed by atoms with Gasteiger partial charge in [0.15, 0.2) is 0 Å². The second-order valence-corrected chi connectivity index (χ2v) is 6.61. The second kappa shape index (κ2) is 12.1. The van der Waals surface area contributed by atoms with Gasteiger partial charge in [0.05, 0.1) is 0 Å². The number of carbonyl (C=O) groups is 1. The van der Waals surface area contributed by atoms with Crippen molar-refractivity contribution in [3.63, 3.8) is 0 Å². The number of rotatable bonds is 12. The van der Waals surface area contributed by atoms with Crippen LogP contribution in [-0.2, 0) is 19.2 Å². The van der Waals surface area contributed by atoms with Crippen LogP contribution in [0.3, 0.4) is 0 Å². The predicted octanol–water partition coefficient (Wildman–Crippen LogP) is 4.84. The van der Waals surface area contributed by atoms with E-state index in [4.69, 9.17) is 0 Å². The van der Waals surface area contributed by atoms with Gasteiger partial charge in [-0.1, -0.05) is 0 Å². The van der Waals surface area contributed by atoms with Gasteiger partial charge in [0.2, 0.25) is 0 Å². The summed E-state index contributed by atoms with van der Waals surface area (Å²) >= 11 is 1.19. The Bertz CT molecular complexity index is 348. The first-order valence-electron chi connectivity index (χ1n) is 7.99. The Labute approximate surface area is 130 Å². The van der Waals surface area contributed by atoms with Crippen LogP contribution in [0, 0.1) is 0 Å². The van der Waals surface area contributed by atoms with Crippen LogP contribution in [0.15, 0.2) is 30.3 Å². The maximum absolute atomic E-state index is 11.8. The van der Waals surface area contributed by atoms with Crippen molar-refractivity contribution in [3.05, 3.63) is 30.3 Å². The molecule has 116 valence electrons. The van der Waals surface area contributed by atoms with Crippen LogP contribution < -0.4 is 4.53 Å². The van der Waals surface area contributed by atoms with E-state index < -0.39 is 0 Å². The van der Waals surface area contributed by atoms with E-state index in [1.165, 1.54) is 65.8 Å². The first-order valence-corrected chi connectivity index (χ1v) is 8.98. The van der Waals surface area contributed by atoms with Gasteiger partial charge in [0.25, 0.3) is 0 Å². The number of benzene rings is 1. The monoisotopic (exact) mass is 318 g/mol. The van der Waals surface area contributed by atoms with Crippen molar-refractivity contribution in [2.75, 3.05) is 0 Å². The van der Waals surface area contributed by atoms with Crippen molar-refractivity contribution in [2.24, 2.45) is 0 Å². The summed E-state index contributed by atoms with van der Waals surface area (Å²) in [6.45, 7) is 2.25. The zero-order valence-electron chi connectivity index (χ0n) is 12.7. The molecular formula is C18H28NiO. The summed E-state index contributed by atoms with van der Waals surface area (Å²) < 4.78 is 1.41. The van der Waals surface area contributed by atoms with Crippen molar-refractivity contribution in [2.45, 2.75) is 71.1 Å². The van der Waals surface area contributed by atoms with E-state index in [2.05, 4.69) is 6.92 Å². The maximum atomic E-state index is 11.8. The summed E-state index contributed by atoms with van der Waals surface area (Å²) in [5, 5.41) is 0. The Morgan fingerprint density at radius 2 is 1.40 bits per heavy atom. The third-order valence-electron chi connectivity index (χ3n) is 3.35.